The van der Waals surface area contributed by atoms with Crippen molar-refractivity contribution in [1.29, 1.82) is 0 Å². The van der Waals surface area contributed by atoms with Crippen molar-refractivity contribution >= 4 is 16.9 Å². The van der Waals surface area contributed by atoms with Crippen LogP contribution in [0.2, 0.25) is 0 Å². The van der Waals surface area contributed by atoms with Gasteiger partial charge < -0.3 is 23.7 Å². The maximum Gasteiger partial charge on any atom is 0.253 e. The van der Waals surface area contributed by atoms with E-state index in [1.165, 1.54) is 6.26 Å². The molecule has 1 saturated heterocycles. The van der Waals surface area contributed by atoms with E-state index in [2.05, 4.69) is 4.90 Å². The number of carbonyl (C=O) groups excluding carboxylic acids is 1. The summed E-state index contributed by atoms with van der Waals surface area (Å²) in [7, 11) is 3.60. The van der Waals surface area contributed by atoms with Gasteiger partial charge in [0, 0.05) is 37.8 Å². The Kier molecular flexibility index (Phi) is 5.22. The first kappa shape index (κ1) is 19.0. The van der Waals surface area contributed by atoms with Gasteiger partial charge in [0.1, 0.15) is 23.3 Å². The molecule has 0 unspecified atom stereocenters. The average Bonchev–Trinajstić information content (AvgIpc) is 2.76. The van der Waals surface area contributed by atoms with Crippen LogP contribution in [-0.4, -0.2) is 56.0 Å². The summed E-state index contributed by atoms with van der Waals surface area (Å²) in [5.74, 6) is 1.15. The van der Waals surface area contributed by atoms with E-state index in [9.17, 15) is 9.59 Å². The minimum absolute atomic E-state index is 0.00353. The van der Waals surface area contributed by atoms with E-state index in [-0.39, 0.29) is 17.1 Å². The largest absolute Gasteiger partial charge is 0.497 e. The van der Waals surface area contributed by atoms with Gasteiger partial charge in [0.15, 0.2) is 0 Å². The molecule has 29 heavy (non-hydrogen) atoms. The molecule has 0 saturated carbocycles. The first-order chi connectivity index (χ1) is 14.0. The third-order valence-electron chi connectivity index (χ3n) is 5.07. The molecule has 7 nitrogen and oxygen atoms in total. The predicted octanol–water partition coefficient (Wildman–Crippen LogP) is 2.98. The molecule has 4 rings (SSSR count). The molecule has 1 amide bonds. The van der Waals surface area contributed by atoms with Crippen molar-refractivity contribution in [2.45, 2.75) is 0 Å². The van der Waals surface area contributed by atoms with Crippen molar-refractivity contribution in [1.82, 2.24) is 9.80 Å². The lowest BCUT2D eigenvalue weighted by atomic mass is 10.1. The Morgan fingerprint density at radius 1 is 1.00 bits per heavy atom. The number of nitrogens with zero attached hydrogens (tertiary/aromatic N) is 2. The van der Waals surface area contributed by atoms with Gasteiger partial charge in [-0.05, 0) is 43.4 Å². The van der Waals surface area contributed by atoms with Gasteiger partial charge in [-0.2, -0.15) is 0 Å². The summed E-state index contributed by atoms with van der Waals surface area (Å²) >= 11 is 0. The normalized spacial score (nSPS) is 14.8. The molecular weight excluding hydrogens is 372 g/mol. The highest BCUT2D eigenvalue weighted by molar-refractivity contribution is 5.94. The van der Waals surface area contributed by atoms with Gasteiger partial charge in [-0.25, -0.2) is 0 Å². The fourth-order valence-electron chi connectivity index (χ4n) is 3.27. The molecule has 2 aromatic carbocycles. The second-order valence-electron chi connectivity index (χ2n) is 7.01. The monoisotopic (exact) mass is 394 g/mol. The fourth-order valence-corrected chi connectivity index (χ4v) is 3.27. The van der Waals surface area contributed by atoms with Crippen molar-refractivity contribution in [3.63, 3.8) is 0 Å². The average molecular weight is 394 g/mol. The number of ether oxygens (including phenoxy) is 2. The second kappa shape index (κ2) is 7.97. The van der Waals surface area contributed by atoms with E-state index in [0.717, 1.165) is 26.2 Å². The van der Waals surface area contributed by atoms with Gasteiger partial charge >= 0.3 is 0 Å². The standard InChI is InChI=1S/C22H22N2O5/c1-23-9-11-24(12-10-23)22(26)15-3-5-16(6-4-15)29-20-14-28-19-13-17(27-2)7-8-18(19)21(20)25/h3-8,13-14H,9-12H2,1-2H3. The van der Waals surface area contributed by atoms with E-state index in [1.54, 1.807) is 49.6 Å². The van der Waals surface area contributed by atoms with E-state index >= 15 is 0 Å². The summed E-state index contributed by atoms with van der Waals surface area (Å²) in [4.78, 5) is 29.3. The van der Waals surface area contributed by atoms with Crippen LogP contribution in [0.1, 0.15) is 10.4 Å². The molecule has 0 bridgehead atoms. The maximum absolute atomic E-state index is 12.7. The molecule has 1 aromatic heterocycles. The summed E-state index contributed by atoms with van der Waals surface area (Å²) in [5.41, 5.74) is 0.751. The van der Waals surface area contributed by atoms with Crippen LogP contribution in [0.15, 0.2) is 57.9 Å². The number of rotatable bonds is 4. The SMILES string of the molecule is COc1ccc2c(=O)c(Oc3ccc(C(=O)N4CCN(C)CC4)cc3)coc2c1. The van der Waals surface area contributed by atoms with Crippen molar-refractivity contribution in [2.24, 2.45) is 0 Å². The Morgan fingerprint density at radius 2 is 1.69 bits per heavy atom. The fraction of sp³-hybridized carbons (Fsp3) is 0.273. The van der Waals surface area contributed by atoms with Gasteiger partial charge in [0.2, 0.25) is 11.2 Å². The Balaban J connectivity index is 1.51. The topological polar surface area (TPSA) is 72.2 Å². The maximum atomic E-state index is 12.7. The number of likely N-dealkylation sites (N-methyl/N-ethyl adjacent to an activating group) is 1. The summed E-state index contributed by atoms with van der Waals surface area (Å²) in [6.07, 6.45) is 1.29. The molecule has 0 spiro atoms. The zero-order valence-electron chi connectivity index (χ0n) is 16.4. The number of methoxy groups -OCH3 is 1. The minimum atomic E-state index is -0.272. The van der Waals surface area contributed by atoms with Crippen LogP contribution < -0.4 is 14.9 Å². The molecule has 150 valence electrons. The quantitative estimate of drug-likeness (QED) is 0.678. The lowest BCUT2D eigenvalue weighted by Gasteiger charge is -2.32. The highest BCUT2D eigenvalue weighted by atomic mass is 16.5. The molecule has 1 aliphatic heterocycles. The lowest BCUT2D eigenvalue weighted by molar-refractivity contribution is 0.0664. The van der Waals surface area contributed by atoms with Gasteiger partial charge in [0.25, 0.3) is 5.91 Å². The smallest absolute Gasteiger partial charge is 0.253 e. The zero-order chi connectivity index (χ0) is 20.4. The van der Waals surface area contributed by atoms with E-state index in [4.69, 9.17) is 13.9 Å². The Labute approximate surface area is 168 Å². The Bertz CT molecular complexity index is 1080. The Morgan fingerprint density at radius 3 is 2.38 bits per heavy atom. The van der Waals surface area contributed by atoms with E-state index in [1.807, 2.05) is 11.9 Å². The Hall–Kier alpha value is -3.32. The molecule has 0 atom stereocenters. The van der Waals surface area contributed by atoms with E-state index < -0.39 is 0 Å². The van der Waals surface area contributed by atoms with Crippen LogP contribution in [0, 0.1) is 0 Å². The van der Waals surface area contributed by atoms with E-state index in [0.29, 0.717) is 28.0 Å². The lowest BCUT2D eigenvalue weighted by Crippen LogP contribution is -2.47. The van der Waals surface area contributed by atoms with Gasteiger partial charge in [-0.1, -0.05) is 0 Å². The number of hydrogen-bond donors (Lipinski definition) is 0. The number of amides is 1. The molecule has 2 heterocycles. The molecule has 3 aromatic rings. The first-order valence-corrected chi connectivity index (χ1v) is 9.40. The number of piperazine rings is 1. The second-order valence-corrected chi connectivity index (χ2v) is 7.01. The molecule has 7 heteroatoms. The highest BCUT2D eigenvalue weighted by Crippen LogP contribution is 2.24. The third-order valence-corrected chi connectivity index (χ3v) is 5.07. The molecular formula is C22H22N2O5. The molecule has 0 N–H and O–H groups in total. The van der Waals surface area contributed by atoms with Crippen LogP contribution in [0.5, 0.6) is 17.2 Å². The summed E-state index contributed by atoms with van der Waals surface area (Å²) < 4.78 is 16.4. The van der Waals surface area contributed by atoms with Crippen molar-refractivity contribution in [3.05, 3.63) is 64.5 Å². The minimum Gasteiger partial charge on any atom is -0.497 e. The summed E-state index contributed by atoms with van der Waals surface area (Å²) in [6.45, 7) is 3.18. The molecule has 0 radical (unpaired) electrons. The van der Waals surface area contributed by atoms with Crippen LogP contribution in [-0.2, 0) is 0 Å². The molecule has 1 aliphatic rings. The van der Waals surface area contributed by atoms with Gasteiger partial charge in [-0.15, -0.1) is 0 Å². The number of benzene rings is 2. The van der Waals surface area contributed by atoms with Crippen molar-refractivity contribution in [2.75, 3.05) is 40.3 Å². The number of fused-ring (bicyclic) bond motifs is 1. The van der Waals surface area contributed by atoms with Crippen molar-refractivity contribution < 1.29 is 18.7 Å². The summed E-state index contributed by atoms with van der Waals surface area (Å²) in [5, 5.41) is 0.408. The van der Waals surface area contributed by atoms with Crippen molar-refractivity contribution in [3.8, 4) is 17.2 Å². The number of hydrogen-bond acceptors (Lipinski definition) is 6. The highest BCUT2D eigenvalue weighted by Gasteiger charge is 2.20. The predicted molar refractivity (Wildman–Crippen MR) is 109 cm³/mol. The first-order valence-electron chi connectivity index (χ1n) is 9.40. The molecule has 0 aliphatic carbocycles. The van der Waals surface area contributed by atoms with Crippen LogP contribution in [0.4, 0.5) is 0 Å². The summed E-state index contributed by atoms with van der Waals surface area (Å²) in [6, 6.07) is 11.8. The van der Waals surface area contributed by atoms with Crippen LogP contribution in [0.3, 0.4) is 0 Å². The number of carbonyl (C=O) groups is 1. The van der Waals surface area contributed by atoms with Gasteiger partial charge in [-0.3, -0.25) is 9.59 Å². The molecule has 1 fully saturated rings. The van der Waals surface area contributed by atoms with Gasteiger partial charge in [0.05, 0.1) is 12.5 Å². The van der Waals surface area contributed by atoms with Crippen LogP contribution >= 0.6 is 0 Å². The zero-order valence-corrected chi connectivity index (χ0v) is 16.4. The van der Waals surface area contributed by atoms with Crippen LogP contribution in [0.25, 0.3) is 11.0 Å². The third kappa shape index (κ3) is 3.95.